The van der Waals surface area contributed by atoms with Crippen LogP contribution in [0.15, 0.2) is 58.5 Å². The molecule has 0 unspecified atom stereocenters. The molecule has 3 aromatic rings. The van der Waals surface area contributed by atoms with Crippen molar-refractivity contribution in [1.29, 1.82) is 0 Å². The quantitative estimate of drug-likeness (QED) is 0.586. The lowest BCUT2D eigenvalue weighted by Crippen LogP contribution is -2.57. The van der Waals surface area contributed by atoms with Gasteiger partial charge in [-0.05, 0) is 60.2 Å². The van der Waals surface area contributed by atoms with Gasteiger partial charge in [0.15, 0.2) is 5.76 Å². The molecule has 0 bridgehead atoms. The SMILES string of the molecule is C[C@@H]1CN(C(=O)CN2CCc3sccc3[C@@H]2c2cccc(F)c2)CCN1C(=O)c1ccco1. The highest BCUT2D eigenvalue weighted by Gasteiger charge is 2.35. The number of amides is 2. The molecule has 0 spiro atoms. The molecule has 5 rings (SSSR count). The van der Waals surface area contributed by atoms with E-state index in [2.05, 4.69) is 16.3 Å². The van der Waals surface area contributed by atoms with E-state index in [4.69, 9.17) is 4.42 Å². The van der Waals surface area contributed by atoms with E-state index in [0.29, 0.717) is 25.4 Å². The largest absolute Gasteiger partial charge is 0.459 e. The molecule has 2 aromatic heterocycles. The number of carbonyl (C=O) groups is 2. The highest BCUT2D eigenvalue weighted by atomic mass is 32.1. The Morgan fingerprint density at radius 2 is 2.03 bits per heavy atom. The topological polar surface area (TPSA) is 57.0 Å². The van der Waals surface area contributed by atoms with Gasteiger partial charge in [-0.3, -0.25) is 14.5 Å². The van der Waals surface area contributed by atoms with Crippen molar-refractivity contribution in [3.8, 4) is 0 Å². The number of rotatable bonds is 4. The van der Waals surface area contributed by atoms with Gasteiger partial charge in [-0.1, -0.05) is 12.1 Å². The Hall–Kier alpha value is -2.97. The summed E-state index contributed by atoms with van der Waals surface area (Å²) in [6.45, 7) is 4.39. The fourth-order valence-electron chi connectivity index (χ4n) is 4.91. The summed E-state index contributed by atoms with van der Waals surface area (Å²) >= 11 is 1.72. The van der Waals surface area contributed by atoms with Gasteiger partial charge in [0, 0.05) is 37.1 Å². The highest BCUT2D eigenvalue weighted by Crippen LogP contribution is 2.37. The Labute approximate surface area is 196 Å². The third kappa shape index (κ3) is 4.32. The number of furan rings is 1. The van der Waals surface area contributed by atoms with Crippen molar-refractivity contribution in [2.45, 2.75) is 25.4 Å². The minimum Gasteiger partial charge on any atom is -0.459 e. The molecule has 172 valence electrons. The molecule has 2 amide bonds. The van der Waals surface area contributed by atoms with Gasteiger partial charge in [-0.25, -0.2) is 4.39 Å². The van der Waals surface area contributed by atoms with Crippen LogP contribution in [0.25, 0.3) is 0 Å². The van der Waals surface area contributed by atoms with Crippen molar-refractivity contribution in [3.63, 3.8) is 0 Å². The van der Waals surface area contributed by atoms with Crippen molar-refractivity contribution in [3.05, 3.63) is 81.7 Å². The fraction of sp³-hybridized carbons (Fsp3) is 0.360. The Kier molecular flexibility index (Phi) is 6.03. The van der Waals surface area contributed by atoms with E-state index in [0.717, 1.165) is 24.1 Å². The smallest absolute Gasteiger partial charge is 0.289 e. The first kappa shape index (κ1) is 21.9. The van der Waals surface area contributed by atoms with Crippen LogP contribution in [0.1, 0.15) is 39.5 Å². The van der Waals surface area contributed by atoms with Crippen LogP contribution in [0.4, 0.5) is 4.39 Å². The standard InChI is InChI=1S/C25H26FN3O3S/c1-17-15-27(10-11-29(17)25(31)21-6-3-12-32-21)23(30)16-28-9-7-22-20(8-13-33-22)24(28)18-4-2-5-19(26)14-18/h2-6,8,12-14,17,24H,7,9-11,15-16H2,1H3/t17-,24+/m1/s1. The number of halogens is 1. The summed E-state index contributed by atoms with van der Waals surface area (Å²) in [6.07, 6.45) is 2.37. The number of nitrogens with zero attached hydrogens (tertiary/aromatic N) is 3. The van der Waals surface area contributed by atoms with Crippen molar-refractivity contribution in [1.82, 2.24) is 14.7 Å². The van der Waals surface area contributed by atoms with E-state index >= 15 is 0 Å². The van der Waals surface area contributed by atoms with Crippen molar-refractivity contribution < 1.29 is 18.4 Å². The molecule has 2 aliphatic rings. The predicted molar refractivity (Wildman–Crippen MR) is 124 cm³/mol. The summed E-state index contributed by atoms with van der Waals surface area (Å²) in [5.41, 5.74) is 2.02. The maximum atomic E-state index is 14.0. The number of fused-ring (bicyclic) bond motifs is 1. The molecule has 1 fully saturated rings. The molecule has 1 saturated heterocycles. The van der Waals surface area contributed by atoms with Crippen LogP contribution >= 0.6 is 11.3 Å². The van der Waals surface area contributed by atoms with Crippen LogP contribution in [-0.4, -0.2) is 65.3 Å². The zero-order chi connectivity index (χ0) is 22.9. The third-order valence-electron chi connectivity index (χ3n) is 6.54. The zero-order valence-corrected chi connectivity index (χ0v) is 19.3. The summed E-state index contributed by atoms with van der Waals surface area (Å²) in [5, 5.41) is 2.07. The van der Waals surface area contributed by atoms with E-state index in [1.54, 1.807) is 40.5 Å². The molecule has 4 heterocycles. The number of benzene rings is 1. The Morgan fingerprint density at radius 3 is 2.79 bits per heavy atom. The van der Waals surface area contributed by atoms with Crippen LogP contribution in [0.3, 0.4) is 0 Å². The van der Waals surface area contributed by atoms with Gasteiger partial charge in [0.05, 0.1) is 18.8 Å². The molecule has 33 heavy (non-hydrogen) atoms. The van der Waals surface area contributed by atoms with E-state index in [1.807, 2.05) is 17.9 Å². The van der Waals surface area contributed by atoms with E-state index in [-0.39, 0.29) is 36.3 Å². The van der Waals surface area contributed by atoms with Gasteiger partial charge >= 0.3 is 0 Å². The summed E-state index contributed by atoms with van der Waals surface area (Å²) in [4.78, 5) is 33.0. The summed E-state index contributed by atoms with van der Waals surface area (Å²) in [7, 11) is 0. The van der Waals surface area contributed by atoms with Crippen molar-refractivity contribution in [2.24, 2.45) is 0 Å². The number of thiophene rings is 1. The second-order valence-corrected chi connectivity index (χ2v) is 9.64. The molecular formula is C25H26FN3O3S. The molecule has 0 radical (unpaired) electrons. The maximum Gasteiger partial charge on any atom is 0.289 e. The molecule has 0 aliphatic carbocycles. The third-order valence-corrected chi connectivity index (χ3v) is 7.54. The normalized spacial score (nSPS) is 21.2. The Morgan fingerprint density at radius 1 is 1.15 bits per heavy atom. The molecule has 0 N–H and O–H groups in total. The van der Waals surface area contributed by atoms with E-state index < -0.39 is 0 Å². The first-order valence-corrected chi connectivity index (χ1v) is 12.1. The molecule has 2 atom stereocenters. The van der Waals surface area contributed by atoms with Crippen LogP contribution < -0.4 is 0 Å². The minimum absolute atomic E-state index is 0.0343. The van der Waals surface area contributed by atoms with Gasteiger partial charge in [0.2, 0.25) is 5.91 Å². The Bertz CT molecular complexity index is 1150. The van der Waals surface area contributed by atoms with E-state index in [1.165, 1.54) is 17.2 Å². The van der Waals surface area contributed by atoms with Crippen molar-refractivity contribution >= 4 is 23.2 Å². The van der Waals surface area contributed by atoms with Crippen LogP contribution in [0, 0.1) is 5.82 Å². The molecule has 0 saturated carbocycles. The lowest BCUT2D eigenvalue weighted by atomic mass is 9.93. The van der Waals surface area contributed by atoms with Gasteiger partial charge < -0.3 is 14.2 Å². The van der Waals surface area contributed by atoms with Gasteiger partial charge in [-0.15, -0.1) is 11.3 Å². The zero-order valence-electron chi connectivity index (χ0n) is 18.4. The molecule has 1 aromatic carbocycles. The number of piperazine rings is 1. The highest BCUT2D eigenvalue weighted by molar-refractivity contribution is 7.10. The molecule has 8 heteroatoms. The average Bonchev–Trinajstić information content (AvgIpc) is 3.50. The second-order valence-electron chi connectivity index (χ2n) is 8.64. The van der Waals surface area contributed by atoms with Crippen molar-refractivity contribution in [2.75, 3.05) is 32.7 Å². The Balaban J connectivity index is 1.29. The summed E-state index contributed by atoms with van der Waals surface area (Å²) < 4.78 is 19.3. The van der Waals surface area contributed by atoms with Gasteiger partial charge in [-0.2, -0.15) is 0 Å². The first-order valence-electron chi connectivity index (χ1n) is 11.2. The van der Waals surface area contributed by atoms with Crippen LogP contribution in [0.5, 0.6) is 0 Å². The predicted octanol–water partition coefficient (Wildman–Crippen LogP) is 3.80. The first-order chi connectivity index (χ1) is 16.0. The minimum atomic E-state index is -0.271. The molecule has 2 aliphatic heterocycles. The van der Waals surface area contributed by atoms with E-state index in [9.17, 15) is 14.0 Å². The van der Waals surface area contributed by atoms with Crippen LogP contribution in [0.2, 0.25) is 0 Å². The summed E-state index contributed by atoms with van der Waals surface area (Å²) in [5.74, 6) is -0.0643. The monoisotopic (exact) mass is 467 g/mol. The van der Waals surface area contributed by atoms with Gasteiger partial charge in [0.1, 0.15) is 5.82 Å². The number of hydrogen-bond donors (Lipinski definition) is 0. The number of carbonyl (C=O) groups excluding carboxylic acids is 2. The lowest BCUT2D eigenvalue weighted by Gasteiger charge is -2.41. The van der Waals surface area contributed by atoms with Gasteiger partial charge in [0.25, 0.3) is 5.91 Å². The summed E-state index contributed by atoms with van der Waals surface area (Å²) in [6, 6.07) is 11.9. The van der Waals surface area contributed by atoms with Crippen LogP contribution in [-0.2, 0) is 11.2 Å². The second kappa shape index (κ2) is 9.11. The number of hydrogen-bond acceptors (Lipinski definition) is 5. The molecular weight excluding hydrogens is 441 g/mol. The fourth-order valence-corrected chi connectivity index (χ4v) is 5.81. The average molecular weight is 468 g/mol. The maximum absolute atomic E-state index is 14.0. The molecule has 6 nitrogen and oxygen atoms in total. The lowest BCUT2D eigenvalue weighted by molar-refractivity contribution is -0.135.